The molecule has 4 rings (SSSR count). The summed E-state index contributed by atoms with van der Waals surface area (Å²) >= 11 is 6.18. The van der Waals surface area contributed by atoms with Crippen molar-refractivity contribution in [2.45, 2.75) is 13.5 Å². The molecule has 0 fully saturated rings. The zero-order valence-corrected chi connectivity index (χ0v) is 14.2. The highest BCUT2D eigenvalue weighted by molar-refractivity contribution is 6.55. The minimum Gasteiger partial charge on any atom is -0.454 e. The number of halogens is 1. The van der Waals surface area contributed by atoms with Crippen LogP contribution >= 0.6 is 11.6 Å². The van der Waals surface area contributed by atoms with Gasteiger partial charge in [0.2, 0.25) is 6.79 Å². The van der Waals surface area contributed by atoms with Crippen LogP contribution in [0.3, 0.4) is 0 Å². The van der Waals surface area contributed by atoms with Gasteiger partial charge in [0.15, 0.2) is 11.5 Å². The van der Waals surface area contributed by atoms with Gasteiger partial charge in [-0.05, 0) is 30.2 Å². The Morgan fingerprint density at radius 1 is 1.00 bits per heavy atom. The molecule has 0 unspecified atom stereocenters. The summed E-state index contributed by atoms with van der Waals surface area (Å²) < 4.78 is 10.6. The fraction of sp³-hybridized carbons (Fsp3) is 0.158. The second-order valence-electron chi connectivity index (χ2n) is 5.94. The Labute approximate surface area is 149 Å². The van der Waals surface area contributed by atoms with Crippen LogP contribution in [-0.2, 0) is 16.1 Å². The van der Waals surface area contributed by atoms with Crippen LogP contribution in [0, 0.1) is 6.92 Å². The van der Waals surface area contributed by atoms with Crippen LogP contribution in [0.4, 0.5) is 0 Å². The summed E-state index contributed by atoms with van der Waals surface area (Å²) in [5.41, 5.74) is 2.71. The van der Waals surface area contributed by atoms with Gasteiger partial charge in [-0.3, -0.25) is 14.5 Å². The molecule has 5 nitrogen and oxygen atoms in total. The van der Waals surface area contributed by atoms with E-state index in [0.29, 0.717) is 17.1 Å². The van der Waals surface area contributed by atoms with Gasteiger partial charge in [-0.15, -0.1) is 0 Å². The number of hydrogen-bond donors (Lipinski definition) is 0. The highest BCUT2D eigenvalue weighted by Crippen LogP contribution is 2.35. The lowest BCUT2D eigenvalue weighted by atomic mass is 10.0. The van der Waals surface area contributed by atoms with Gasteiger partial charge in [0.05, 0.1) is 12.1 Å². The fourth-order valence-corrected chi connectivity index (χ4v) is 3.17. The average Bonchev–Trinajstić information content (AvgIpc) is 3.15. The molecule has 126 valence electrons. The van der Waals surface area contributed by atoms with Gasteiger partial charge in [0.1, 0.15) is 5.03 Å². The Bertz CT molecular complexity index is 918. The van der Waals surface area contributed by atoms with E-state index in [0.717, 1.165) is 16.0 Å². The largest absolute Gasteiger partial charge is 0.454 e. The number of ether oxygens (including phenoxy) is 2. The van der Waals surface area contributed by atoms with Crippen molar-refractivity contribution in [1.29, 1.82) is 0 Å². The summed E-state index contributed by atoms with van der Waals surface area (Å²) in [5, 5.41) is -0.0467. The Kier molecular flexibility index (Phi) is 3.73. The first-order valence-electron chi connectivity index (χ1n) is 7.76. The molecule has 2 amide bonds. The predicted octanol–water partition coefficient (Wildman–Crippen LogP) is 3.24. The van der Waals surface area contributed by atoms with Crippen molar-refractivity contribution in [3.63, 3.8) is 0 Å². The first-order chi connectivity index (χ1) is 12.0. The normalized spacial score (nSPS) is 16.2. The van der Waals surface area contributed by atoms with E-state index in [1.54, 1.807) is 30.3 Å². The number of amides is 2. The molecule has 0 bridgehead atoms. The van der Waals surface area contributed by atoms with Gasteiger partial charge < -0.3 is 9.47 Å². The first-order valence-corrected chi connectivity index (χ1v) is 8.14. The van der Waals surface area contributed by atoms with Crippen LogP contribution in [0.5, 0.6) is 11.5 Å². The number of rotatable bonds is 3. The van der Waals surface area contributed by atoms with Crippen molar-refractivity contribution in [1.82, 2.24) is 4.90 Å². The third-order valence-electron chi connectivity index (χ3n) is 4.23. The number of benzene rings is 2. The number of fused-ring (bicyclic) bond motifs is 1. The third kappa shape index (κ3) is 2.66. The van der Waals surface area contributed by atoms with Gasteiger partial charge in [0.25, 0.3) is 11.8 Å². The van der Waals surface area contributed by atoms with Crippen molar-refractivity contribution in [3.8, 4) is 11.5 Å². The molecule has 0 aliphatic carbocycles. The zero-order chi connectivity index (χ0) is 17.6. The van der Waals surface area contributed by atoms with E-state index in [4.69, 9.17) is 21.1 Å². The van der Waals surface area contributed by atoms with Gasteiger partial charge in [-0.1, -0.05) is 47.5 Å². The van der Waals surface area contributed by atoms with Crippen LogP contribution in [0.2, 0.25) is 0 Å². The molecule has 2 aromatic rings. The van der Waals surface area contributed by atoms with Crippen molar-refractivity contribution in [2.24, 2.45) is 0 Å². The molecule has 0 saturated heterocycles. The van der Waals surface area contributed by atoms with E-state index in [1.165, 1.54) is 0 Å². The van der Waals surface area contributed by atoms with Crippen LogP contribution in [-0.4, -0.2) is 23.5 Å². The molecule has 2 aliphatic heterocycles. The van der Waals surface area contributed by atoms with E-state index >= 15 is 0 Å². The minimum atomic E-state index is -0.486. The van der Waals surface area contributed by atoms with E-state index in [2.05, 4.69) is 0 Å². The molecule has 0 N–H and O–H groups in total. The molecule has 0 saturated carbocycles. The highest BCUT2D eigenvalue weighted by Gasteiger charge is 2.38. The molecule has 0 spiro atoms. The van der Waals surface area contributed by atoms with Gasteiger partial charge in [-0.2, -0.15) is 0 Å². The van der Waals surface area contributed by atoms with Crippen LogP contribution in [0.15, 0.2) is 47.5 Å². The number of nitrogens with zero attached hydrogens (tertiary/aromatic N) is 1. The number of carbonyl (C=O) groups excluding carboxylic acids is 2. The Balaban J connectivity index is 1.61. The average molecular weight is 356 g/mol. The molecule has 0 radical (unpaired) electrons. The molecule has 25 heavy (non-hydrogen) atoms. The van der Waals surface area contributed by atoms with E-state index in [-0.39, 0.29) is 23.9 Å². The summed E-state index contributed by atoms with van der Waals surface area (Å²) in [5.74, 6) is 0.380. The molecule has 2 aliphatic rings. The molecule has 0 aromatic heterocycles. The molecular weight excluding hydrogens is 342 g/mol. The van der Waals surface area contributed by atoms with Gasteiger partial charge in [0, 0.05) is 0 Å². The van der Waals surface area contributed by atoms with Crippen molar-refractivity contribution < 1.29 is 19.1 Å². The lowest BCUT2D eigenvalue weighted by molar-refractivity contribution is -0.137. The van der Waals surface area contributed by atoms with Crippen molar-refractivity contribution >= 4 is 29.0 Å². The maximum atomic E-state index is 12.8. The smallest absolute Gasteiger partial charge is 0.273 e. The van der Waals surface area contributed by atoms with E-state index in [1.807, 2.05) is 19.1 Å². The minimum absolute atomic E-state index is 0.0467. The summed E-state index contributed by atoms with van der Waals surface area (Å²) in [6.07, 6.45) is 0. The van der Waals surface area contributed by atoms with E-state index in [9.17, 15) is 9.59 Å². The topological polar surface area (TPSA) is 55.8 Å². The van der Waals surface area contributed by atoms with Crippen molar-refractivity contribution in [3.05, 3.63) is 64.2 Å². The number of imide groups is 1. The lowest BCUT2D eigenvalue weighted by Crippen LogP contribution is -2.30. The molecule has 2 heterocycles. The number of carbonyl (C=O) groups is 2. The maximum Gasteiger partial charge on any atom is 0.273 e. The second kappa shape index (κ2) is 5.93. The molecule has 0 atom stereocenters. The van der Waals surface area contributed by atoms with Gasteiger partial charge in [-0.25, -0.2) is 0 Å². The van der Waals surface area contributed by atoms with Crippen LogP contribution in [0.1, 0.15) is 16.7 Å². The molecular formula is C19H14ClNO4. The quantitative estimate of drug-likeness (QED) is 0.793. The monoisotopic (exact) mass is 355 g/mol. The molecule has 6 heteroatoms. The Hall–Kier alpha value is -2.79. The number of hydrogen-bond acceptors (Lipinski definition) is 4. The van der Waals surface area contributed by atoms with Crippen LogP contribution < -0.4 is 9.47 Å². The summed E-state index contributed by atoms with van der Waals surface area (Å²) in [6.45, 7) is 2.25. The summed E-state index contributed by atoms with van der Waals surface area (Å²) in [4.78, 5) is 26.4. The first kappa shape index (κ1) is 15.7. The van der Waals surface area contributed by atoms with Gasteiger partial charge >= 0.3 is 0 Å². The second-order valence-corrected chi connectivity index (χ2v) is 6.32. The maximum absolute atomic E-state index is 12.8. The standard InChI is InChI=1S/C19H14ClNO4/c1-11-2-5-13(6-3-11)16-17(20)19(23)21(18(16)22)9-12-4-7-14-15(8-12)25-10-24-14/h2-8H,9-10H2,1H3. The van der Waals surface area contributed by atoms with Crippen LogP contribution in [0.25, 0.3) is 5.57 Å². The SMILES string of the molecule is Cc1ccc(C2=C(Cl)C(=O)N(Cc3ccc4c(c3)OCO4)C2=O)cc1. The zero-order valence-electron chi connectivity index (χ0n) is 13.4. The summed E-state index contributed by atoms with van der Waals surface area (Å²) in [6, 6.07) is 12.7. The lowest BCUT2D eigenvalue weighted by Gasteiger charge is -2.15. The molecule has 2 aromatic carbocycles. The third-order valence-corrected chi connectivity index (χ3v) is 4.58. The summed E-state index contributed by atoms with van der Waals surface area (Å²) in [7, 11) is 0. The Morgan fingerprint density at radius 2 is 1.72 bits per heavy atom. The highest BCUT2D eigenvalue weighted by atomic mass is 35.5. The fourth-order valence-electron chi connectivity index (χ4n) is 2.88. The predicted molar refractivity (Wildman–Crippen MR) is 92.1 cm³/mol. The number of aryl methyl sites for hydroxylation is 1. The van der Waals surface area contributed by atoms with Crippen molar-refractivity contribution in [2.75, 3.05) is 6.79 Å². The van der Waals surface area contributed by atoms with E-state index < -0.39 is 11.8 Å². The Morgan fingerprint density at radius 3 is 2.48 bits per heavy atom.